The monoisotopic (exact) mass is 389 g/mol. The molecular weight excluding hydrogens is 366 g/mol. The first kappa shape index (κ1) is 19.0. The number of carboxylic acid groups (broad SMARTS) is 1. The number of rotatable bonds is 8. The third kappa shape index (κ3) is 4.57. The van der Waals surface area contributed by atoms with E-state index in [9.17, 15) is 9.59 Å². The van der Waals surface area contributed by atoms with E-state index in [2.05, 4.69) is 35.6 Å². The average molecular weight is 389 g/mol. The van der Waals surface area contributed by atoms with Gasteiger partial charge >= 0.3 is 5.97 Å². The number of hydrogen-bond acceptors (Lipinski definition) is 3. The molecule has 1 saturated carbocycles. The number of fused-ring (bicyclic) bond motifs is 1. The highest BCUT2D eigenvalue weighted by Gasteiger charge is 2.44. The van der Waals surface area contributed by atoms with Crippen molar-refractivity contribution in [1.82, 2.24) is 5.32 Å². The maximum Gasteiger partial charge on any atom is 0.341 e. The fraction of sp³-hybridized carbons (Fsp3) is 0.250. The van der Waals surface area contributed by atoms with E-state index in [0.29, 0.717) is 18.2 Å². The van der Waals surface area contributed by atoms with Gasteiger partial charge in [-0.05, 0) is 52.8 Å². The van der Waals surface area contributed by atoms with Crippen LogP contribution in [0.4, 0.5) is 0 Å². The molecule has 0 aromatic heterocycles. The molecule has 5 heteroatoms. The molecule has 0 aliphatic heterocycles. The Bertz CT molecular complexity index is 1020. The van der Waals surface area contributed by atoms with Crippen molar-refractivity contribution in [3.8, 4) is 5.75 Å². The van der Waals surface area contributed by atoms with E-state index in [1.165, 1.54) is 16.3 Å². The predicted molar refractivity (Wildman–Crippen MR) is 111 cm³/mol. The Morgan fingerprint density at radius 1 is 1.00 bits per heavy atom. The average Bonchev–Trinajstić information content (AvgIpc) is 3.53. The van der Waals surface area contributed by atoms with Gasteiger partial charge in [0, 0.05) is 12.5 Å². The summed E-state index contributed by atoms with van der Waals surface area (Å²) >= 11 is 0. The van der Waals surface area contributed by atoms with Gasteiger partial charge < -0.3 is 15.2 Å². The van der Waals surface area contributed by atoms with Crippen LogP contribution in [0.3, 0.4) is 0 Å². The number of carbonyl (C=O) groups excluding carboxylic acids is 1. The number of hydrogen-bond donors (Lipinski definition) is 2. The van der Waals surface area contributed by atoms with Gasteiger partial charge in [-0.3, -0.25) is 4.79 Å². The van der Waals surface area contributed by atoms with E-state index >= 15 is 0 Å². The van der Waals surface area contributed by atoms with E-state index < -0.39 is 5.97 Å². The third-order valence-electron chi connectivity index (χ3n) is 5.35. The van der Waals surface area contributed by atoms with E-state index in [0.717, 1.165) is 18.4 Å². The van der Waals surface area contributed by atoms with Gasteiger partial charge in [0.1, 0.15) is 5.75 Å². The van der Waals surface area contributed by atoms with Crippen LogP contribution in [0, 0.1) is 5.92 Å². The summed E-state index contributed by atoms with van der Waals surface area (Å²) in [5.74, 6) is -0.0153. The van der Waals surface area contributed by atoms with Gasteiger partial charge in [0.2, 0.25) is 5.91 Å². The van der Waals surface area contributed by atoms with Crippen molar-refractivity contribution in [2.24, 2.45) is 5.92 Å². The minimum atomic E-state index is -1.00. The number of amides is 1. The molecule has 0 heterocycles. The molecule has 148 valence electrons. The predicted octanol–water partition coefficient (Wildman–Crippen LogP) is 3.77. The fourth-order valence-electron chi connectivity index (χ4n) is 3.76. The molecule has 0 bridgehead atoms. The minimum Gasteiger partial charge on any atom is -0.482 e. The first-order chi connectivity index (χ1) is 14.1. The van der Waals surface area contributed by atoms with Crippen molar-refractivity contribution in [2.45, 2.75) is 18.8 Å². The van der Waals surface area contributed by atoms with E-state index in [4.69, 9.17) is 9.84 Å². The van der Waals surface area contributed by atoms with Gasteiger partial charge in [-0.15, -0.1) is 0 Å². The number of aliphatic carboxylic acids is 1. The Kier molecular flexibility index (Phi) is 5.47. The normalized spacial score (nSPS) is 17.7. The Morgan fingerprint density at radius 3 is 2.55 bits per heavy atom. The lowest BCUT2D eigenvalue weighted by atomic mass is 10.00. The SMILES string of the molecule is O=C(O)COc1ccc(CCNC(=O)C2CC2c2cccc3ccccc23)cc1. The molecular formula is C24H23NO4. The Hall–Kier alpha value is -3.34. The van der Waals surface area contributed by atoms with Crippen molar-refractivity contribution in [3.63, 3.8) is 0 Å². The van der Waals surface area contributed by atoms with Crippen LogP contribution in [-0.2, 0) is 16.0 Å². The zero-order chi connectivity index (χ0) is 20.2. The van der Waals surface area contributed by atoms with Crippen LogP contribution in [0.1, 0.15) is 23.5 Å². The summed E-state index contributed by atoms with van der Waals surface area (Å²) in [6.07, 6.45) is 1.62. The summed E-state index contributed by atoms with van der Waals surface area (Å²) in [6, 6.07) is 21.9. The molecule has 1 aliphatic carbocycles. The fourth-order valence-corrected chi connectivity index (χ4v) is 3.76. The van der Waals surface area contributed by atoms with Crippen molar-refractivity contribution in [3.05, 3.63) is 77.9 Å². The first-order valence-electron chi connectivity index (χ1n) is 9.81. The molecule has 5 nitrogen and oxygen atoms in total. The molecule has 1 aliphatic rings. The molecule has 1 fully saturated rings. The zero-order valence-electron chi connectivity index (χ0n) is 16.0. The lowest BCUT2D eigenvalue weighted by Gasteiger charge is -2.08. The van der Waals surface area contributed by atoms with Crippen LogP contribution < -0.4 is 10.1 Å². The quantitative estimate of drug-likeness (QED) is 0.615. The van der Waals surface area contributed by atoms with Gasteiger partial charge in [0.15, 0.2) is 6.61 Å². The van der Waals surface area contributed by atoms with Crippen LogP contribution in [0.25, 0.3) is 10.8 Å². The van der Waals surface area contributed by atoms with Crippen LogP contribution in [-0.4, -0.2) is 30.1 Å². The zero-order valence-corrected chi connectivity index (χ0v) is 16.0. The van der Waals surface area contributed by atoms with Crippen LogP contribution in [0.5, 0.6) is 5.75 Å². The molecule has 2 N–H and O–H groups in total. The molecule has 2 unspecified atom stereocenters. The standard InChI is InChI=1S/C24H23NO4/c26-23(27)15-29-18-10-8-16(9-11-18)12-13-25-24(28)22-14-21(22)20-7-3-5-17-4-1-2-6-19(17)20/h1-11,21-22H,12-15H2,(H,25,28)(H,26,27). The number of benzene rings is 3. The van der Waals surface area contributed by atoms with Gasteiger partial charge in [-0.1, -0.05) is 54.6 Å². The van der Waals surface area contributed by atoms with Gasteiger partial charge in [-0.25, -0.2) is 4.79 Å². The molecule has 3 aromatic carbocycles. The van der Waals surface area contributed by atoms with Gasteiger partial charge in [-0.2, -0.15) is 0 Å². The lowest BCUT2D eigenvalue weighted by molar-refractivity contribution is -0.139. The van der Waals surface area contributed by atoms with E-state index in [1.807, 2.05) is 24.3 Å². The molecule has 3 aromatic rings. The smallest absolute Gasteiger partial charge is 0.341 e. The summed E-state index contributed by atoms with van der Waals surface area (Å²) in [6.45, 7) is 0.224. The summed E-state index contributed by atoms with van der Waals surface area (Å²) in [5.41, 5.74) is 2.33. The molecule has 2 atom stereocenters. The highest BCUT2D eigenvalue weighted by atomic mass is 16.5. The van der Waals surface area contributed by atoms with Crippen LogP contribution in [0.15, 0.2) is 66.7 Å². The second-order valence-electron chi connectivity index (χ2n) is 7.38. The van der Waals surface area contributed by atoms with Crippen LogP contribution in [0.2, 0.25) is 0 Å². The van der Waals surface area contributed by atoms with Crippen LogP contribution >= 0.6 is 0 Å². The maximum atomic E-state index is 12.5. The van der Waals surface area contributed by atoms with Gasteiger partial charge in [0.05, 0.1) is 0 Å². The lowest BCUT2D eigenvalue weighted by Crippen LogP contribution is -2.27. The Morgan fingerprint density at radius 2 is 1.76 bits per heavy atom. The van der Waals surface area contributed by atoms with Crippen molar-refractivity contribution in [1.29, 1.82) is 0 Å². The van der Waals surface area contributed by atoms with Crippen molar-refractivity contribution < 1.29 is 19.4 Å². The third-order valence-corrected chi connectivity index (χ3v) is 5.35. The number of ether oxygens (including phenoxy) is 1. The Labute approximate surface area is 169 Å². The first-order valence-corrected chi connectivity index (χ1v) is 9.81. The molecule has 0 saturated heterocycles. The minimum absolute atomic E-state index is 0.0487. The second-order valence-corrected chi connectivity index (χ2v) is 7.38. The van der Waals surface area contributed by atoms with Crippen molar-refractivity contribution in [2.75, 3.05) is 13.2 Å². The number of nitrogens with one attached hydrogen (secondary N) is 1. The molecule has 29 heavy (non-hydrogen) atoms. The van der Waals surface area contributed by atoms with E-state index in [-0.39, 0.29) is 18.4 Å². The highest BCUT2D eigenvalue weighted by Crippen LogP contribution is 2.49. The molecule has 4 rings (SSSR count). The summed E-state index contributed by atoms with van der Waals surface area (Å²) in [4.78, 5) is 23.0. The topological polar surface area (TPSA) is 75.6 Å². The summed E-state index contributed by atoms with van der Waals surface area (Å²) < 4.78 is 5.12. The second kappa shape index (κ2) is 8.35. The highest BCUT2D eigenvalue weighted by molar-refractivity contribution is 5.89. The largest absolute Gasteiger partial charge is 0.482 e. The van der Waals surface area contributed by atoms with Gasteiger partial charge in [0.25, 0.3) is 0 Å². The summed E-state index contributed by atoms with van der Waals surface area (Å²) in [7, 11) is 0. The maximum absolute atomic E-state index is 12.5. The summed E-state index contributed by atoms with van der Waals surface area (Å²) in [5, 5.41) is 14.1. The molecule has 0 spiro atoms. The molecule has 1 amide bonds. The molecule has 0 radical (unpaired) electrons. The Balaban J connectivity index is 1.27. The number of carbonyl (C=O) groups is 2. The van der Waals surface area contributed by atoms with E-state index in [1.54, 1.807) is 12.1 Å². The number of carboxylic acids is 1. The van der Waals surface area contributed by atoms with Crippen molar-refractivity contribution >= 4 is 22.6 Å².